The molecule has 0 radical (unpaired) electrons. The Balaban J connectivity index is 2.28. The summed E-state index contributed by atoms with van der Waals surface area (Å²) in [5.74, 6) is 0. The van der Waals surface area contributed by atoms with Crippen molar-refractivity contribution in [2.45, 2.75) is 36.0 Å². The first-order chi connectivity index (χ1) is 9.96. The lowest BCUT2D eigenvalue weighted by Crippen LogP contribution is -2.50. The third kappa shape index (κ3) is 3.90. The molecule has 2 rings (SSSR count). The van der Waals surface area contributed by atoms with Crippen LogP contribution in [0.15, 0.2) is 23.1 Å². The lowest BCUT2D eigenvalue weighted by atomic mass is 10.1. The van der Waals surface area contributed by atoms with Gasteiger partial charge in [0.1, 0.15) is 5.25 Å². The van der Waals surface area contributed by atoms with Gasteiger partial charge >= 0.3 is 0 Å². The van der Waals surface area contributed by atoms with Crippen molar-refractivity contribution < 1.29 is 13.2 Å². The first-order valence-corrected chi connectivity index (χ1v) is 9.27. The van der Waals surface area contributed by atoms with E-state index in [9.17, 15) is 8.42 Å². The molecule has 21 heavy (non-hydrogen) atoms. The first-order valence-electron chi connectivity index (χ1n) is 6.97. The highest BCUT2D eigenvalue weighted by Gasteiger charge is 2.37. The molecule has 1 aliphatic rings. The number of nitrogens with one attached hydrogen (secondary N) is 1. The summed E-state index contributed by atoms with van der Waals surface area (Å²) in [5.41, 5.74) is 0. The largest absolute Gasteiger partial charge is 0.380 e. The van der Waals surface area contributed by atoms with E-state index >= 15 is 0 Å². The maximum atomic E-state index is 12.8. The summed E-state index contributed by atoms with van der Waals surface area (Å²) in [4.78, 5) is 0.190. The molecule has 118 valence electrons. The summed E-state index contributed by atoms with van der Waals surface area (Å²) >= 11 is 11.8. The molecule has 0 saturated carbocycles. The summed E-state index contributed by atoms with van der Waals surface area (Å²) in [5, 5.41) is 3.29. The number of ether oxygens (including phenoxy) is 1. The van der Waals surface area contributed by atoms with Crippen LogP contribution in [0.4, 0.5) is 0 Å². The Bertz CT molecular complexity index is 592. The van der Waals surface area contributed by atoms with E-state index in [1.165, 1.54) is 18.2 Å². The van der Waals surface area contributed by atoms with Gasteiger partial charge < -0.3 is 10.1 Å². The second-order valence-corrected chi connectivity index (χ2v) is 8.06. The van der Waals surface area contributed by atoms with Crippen LogP contribution in [0, 0.1) is 0 Å². The van der Waals surface area contributed by atoms with Gasteiger partial charge in [-0.1, -0.05) is 30.1 Å². The van der Waals surface area contributed by atoms with Crippen LogP contribution in [-0.2, 0) is 14.6 Å². The van der Waals surface area contributed by atoms with Gasteiger partial charge in [-0.05, 0) is 37.6 Å². The Morgan fingerprint density at radius 3 is 2.76 bits per heavy atom. The van der Waals surface area contributed by atoms with E-state index in [4.69, 9.17) is 27.9 Å². The topological polar surface area (TPSA) is 55.4 Å². The van der Waals surface area contributed by atoms with E-state index in [2.05, 4.69) is 12.2 Å². The summed E-state index contributed by atoms with van der Waals surface area (Å²) in [7, 11) is -3.51. The molecule has 2 atom stereocenters. The molecule has 4 nitrogen and oxygen atoms in total. The fourth-order valence-electron chi connectivity index (χ4n) is 2.41. The summed E-state index contributed by atoms with van der Waals surface area (Å²) in [6, 6.07) is 4.31. The molecule has 2 unspecified atom stereocenters. The van der Waals surface area contributed by atoms with Crippen LogP contribution >= 0.6 is 23.2 Å². The van der Waals surface area contributed by atoms with Gasteiger partial charge in [0.15, 0.2) is 9.84 Å². The zero-order valence-electron chi connectivity index (χ0n) is 11.8. The molecule has 0 aromatic heterocycles. The second-order valence-electron chi connectivity index (χ2n) is 5.08. The van der Waals surface area contributed by atoms with Gasteiger partial charge in [-0.25, -0.2) is 8.42 Å². The quantitative estimate of drug-likeness (QED) is 0.885. The van der Waals surface area contributed by atoms with Crippen LogP contribution in [0.2, 0.25) is 10.0 Å². The summed E-state index contributed by atoms with van der Waals surface area (Å²) in [6.45, 7) is 3.62. The number of hydrogen-bond donors (Lipinski definition) is 1. The van der Waals surface area contributed by atoms with Crippen LogP contribution in [-0.4, -0.2) is 39.5 Å². The van der Waals surface area contributed by atoms with Crippen molar-refractivity contribution in [2.75, 3.05) is 19.8 Å². The minimum absolute atomic E-state index is 0.0989. The monoisotopic (exact) mass is 351 g/mol. The highest BCUT2D eigenvalue weighted by Crippen LogP contribution is 2.29. The Morgan fingerprint density at radius 2 is 2.10 bits per heavy atom. The minimum Gasteiger partial charge on any atom is -0.380 e. The molecule has 1 aliphatic heterocycles. The molecule has 1 heterocycles. The molecule has 0 amide bonds. The van der Waals surface area contributed by atoms with Crippen LogP contribution in [0.3, 0.4) is 0 Å². The first kappa shape index (κ1) is 17.0. The van der Waals surface area contributed by atoms with Crippen molar-refractivity contribution in [2.24, 2.45) is 0 Å². The maximum Gasteiger partial charge on any atom is 0.185 e. The van der Waals surface area contributed by atoms with E-state index in [1.807, 2.05) is 0 Å². The van der Waals surface area contributed by atoms with Crippen LogP contribution in [0.1, 0.15) is 19.8 Å². The van der Waals surface area contributed by atoms with Crippen molar-refractivity contribution in [3.63, 3.8) is 0 Å². The van der Waals surface area contributed by atoms with Crippen molar-refractivity contribution in [3.8, 4) is 0 Å². The van der Waals surface area contributed by atoms with Gasteiger partial charge in [0.25, 0.3) is 0 Å². The second kappa shape index (κ2) is 7.29. The van der Waals surface area contributed by atoms with E-state index in [0.29, 0.717) is 18.1 Å². The number of halogens is 2. The number of rotatable bonds is 5. The normalized spacial score (nSPS) is 23.2. The van der Waals surface area contributed by atoms with E-state index < -0.39 is 15.1 Å². The Labute approximate surface area is 135 Å². The predicted molar refractivity (Wildman–Crippen MR) is 85.0 cm³/mol. The van der Waals surface area contributed by atoms with Crippen LogP contribution < -0.4 is 5.32 Å². The summed E-state index contributed by atoms with van der Waals surface area (Å²) in [6.07, 6.45) is 1.64. The molecule has 7 heteroatoms. The van der Waals surface area contributed by atoms with Crippen LogP contribution in [0.5, 0.6) is 0 Å². The average Bonchev–Trinajstić information content (AvgIpc) is 2.48. The lowest BCUT2D eigenvalue weighted by molar-refractivity contribution is 0.0808. The number of hydrogen-bond acceptors (Lipinski definition) is 4. The van der Waals surface area contributed by atoms with Gasteiger partial charge in [-0.3, -0.25) is 0 Å². The zero-order valence-corrected chi connectivity index (χ0v) is 14.1. The Hall–Kier alpha value is -0.330. The Kier molecular flexibility index (Phi) is 5.91. The van der Waals surface area contributed by atoms with Gasteiger partial charge in [-0.2, -0.15) is 0 Å². The van der Waals surface area contributed by atoms with Gasteiger partial charge in [0.2, 0.25) is 0 Å². The van der Waals surface area contributed by atoms with Crippen molar-refractivity contribution in [1.82, 2.24) is 5.32 Å². The van der Waals surface area contributed by atoms with E-state index in [1.54, 1.807) is 0 Å². The van der Waals surface area contributed by atoms with Gasteiger partial charge in [-0.15, -0.1) is 0 Å². The van der Waals surface area contributed by atoms with E-state index in [0.717, 1.165) is 13.0 Å². The molecule has 0 bridgehead atoms. The molecule has 1 N–H and O–H groups in total. The average molecular weight is 352 g/mol. The van der Waals surface area contributed by atoms with Gasteiger partial charge in [0, 0.05) is 12.6 Å². The molecular weight excluding hydrogens is 333 g/mol. The molecule has 1 fully saturated rings. The highest BCUT2D eigenvalue weighted by atomic mass is 35.5. The standard InChI is InChI=1S/C14H19Cl2NO3S/c1-2-6-17-13-5-7-20-9-14(13)21(18,19)10-3-4-11(15)12(16)8-10/h3-4,8,13-14,17H,2,5-7,9H2,1H3. The molecule has 1 aromatic rings. The van der Waals surface area contributed by atoms with Crippen molar-refractivity contribution in [3.05, 3.63) is 28.2 Å². The summed E-state index contributed by atoms with van der Waals surface area (Å²) < 4.78 is 31.0. The van der Waals surface area contributed by atoms with E-state index in [-0.39, 0.29) is 22.6 Å². The highest BCUT2D eigenvalue weighted by molar-refractivity contribution is 7.92. The molecule has 0 aliphatic carbocycles. The van der Waals surface area contributed by atoms with Crippen LogP contribution in [0.25, 0.3) is 0 Å². The lowest BCUT2D eigenvalue weighted by Gasteiger charge is -2.32. The fraction of sp³-hybridized carbons (Fsp3) is 0.571. The third-order valence-corrected chi connectivity index (χ3v) is 6.49. The predicted octanol–water partition coefficient (Wildman–Crippen LogP) is 2.92. The number of sulfone groups is 1. The molecular formula is C14H19Cl2NO3S. The SMILES string of the molecule is CCCNC1CCOCC1S(=O)(=O)c1ccc(Cl)c(Cl)c1. The smallest absolute Gasteiger partial charge is 0.185 e. The minimum atomic E-state index is -3.51. The molecule has 1 aromatic carbocycles. The van der Waals surface area contributed by atoms with Gasteiger partial charge in [0.05, 0.1) is 21.5 Å². The van der Waals surface area contributed by atoms with Crippen molar-refractivity contribution >= 4 is 33.0 Å². The third-order valence-electron chi connectivity index (χ3n) is 3.58. The maximum absolute atomic E-state index is 12.8. The Morgan fingerprint density at radius 1 is 1.33 bits per heavy atom. The fourth-order valence-corrected chi connectivity index (χ4v) is 4.60. The zero-order chi connectivity index (χ0) is 15.5. The molecule has 1 saturated heterocycles. The molecule has 0 spiro atoms. The number of benzene rings is 1. The van der Waals surface area contributed by atoms with Crippen molar-refractivity contribution in [1.29, 1.82) is 0 Å².